The normalized spacial score (nSPS) is 22.4. The molecule has 1 aromatic carbocycles. The molecule has 0 aliphatic carbocycles. The molecule has 1 aliphatic heterocycles. The van der Waals surface area contributed by atoms with Gasteiger partial charge in [0, 0.05) is 17.7 Å². The molecule has 1 saturated heterocycles. The summed E-state index contributed by atoms with van der Waals surface area (Å²) in [5, 5.41) is 3.18. The zero-order valence-electron chi connectivity index (χ0n) is 12.7. The Labute approximate surface area is 124 Å². The van der Waals surface area contributed by atoms with Crippen LogP contribution in [0.15, 0.2) is 18.2 Å². The van der Waals surface area contributed by atoms with E-state index in [1.807, 2.05) is 20.8 Å². The summed E-state index contributed by atoms with van der Waals surface area (Å²) >= 11 is 0. The molecule has 0 aromatic heterocycles. The van der Waals surface area contributed by atoms with Gasteiger partial charge in [0.1, 0.15) is 17.8 Å². The minimum atomic E-state index is -0.618. The predicted molar refractivity (Wildman–Crippen MR) is 77.5 cm³/mol. The van der Waals surface area contributed by atoms with Crippen molar-refractivity contribution in [3.05, 3.63) is 35.4 Å². The Balaban J connectivity index is 2.41. The van der Waals surface area contributed by atoms with E-state index in [2.05, 4.69) is 5.32 Å². The molecule has 1 N–H and O–H groups in total. The second-order valence-corrected chi connectivity index (χ2v) is 5.41. The minimum Gasteiger partial charge on any atom is -0.318 e. The molecule has 5 heteroatoms. The standard InChI is InChI=1S/C16H22F2N2O/c1-4-11(5-2)20-15(19-14(6-3)16(20)21)12-8-7-10(17)9-13(12)18/h7-9,11,14-15,19H,4-6H2,1-3H3. The van der Waals surface area contributed by atoms with E-state index in [0.29, 0.717) is 12.0 Å². The lowest BCUT2D eigenvalue weighted by Crippen LogP contribution is -2.39. The van der Waals surface area contributed by atoms with Gasteiger partial charge in [-0.25, -0.2) is 8.78 Å². The number of halogens is 2. The number of hydrogen-bond acceptors (Lipinski definition) is 2. The molecule has 1 heterocycles. The van der Waals surface area contributed by atoms with E-state index < -0.39 is 17.8 Å². The zero-order chi connectivity index (χ0) is 15.6. The molecule has 3 nitrogen and oxygen atoms in total. The summed E-state index contributed by atoms with van der Waals surface area (Å²) in [6, 6.07) is 3.26. The number of hydrogen-bond donors (Lipinski definition) is 1. The van der Waals surface area contributed by atoms with Crippen LogP contribution in [-0.4, -0.2) is 22.9 Å². The molecule has 2 unspecified atom stereocenters. The number of amides is 1. The van der Waals surface area contributed by atoms with Crippen molar-refractivity contribution in [2.75, 3.05) is 0 Å². The molecule has 0 bridgehead atoms. The molecule has 1 aromatic rings. The fourth-order valence-corrected chi connectivity index (χ4v) is 2.98. The quantitative estimate of drug-likeness (QED) is 0.903. The maximum atomic E-state index is 14.1. The van der Waals surface area contributed by atoms with Crippen LogP contribution in [0.5, 0.6) is 0 Å². The van der Waals surface area contributed by atoms with E-state index >= 15 is 0 Å². The van der Waals surface area contributed by atoms with Gasteiger partial charge in [0.15, 0.2) is 0 Å². The Bertz CT molecular complexity index is 517. The molecule has 0 radical (unpaired) electrons. The lowest BCUT2D eigenvalue weighted by Gasteiger charge is -2.32. The van der Waals surface area contributed by atoms with Crippen LogP contribution in [0.4, 0.5) is 8.78 Å². The van der Waals surface area contributed by atoms with Crippen molar-refractivity contribution < 1.29 is 13.6 Å². The van der Waals surface area contributed by atoms with Gasteiger partial charge < -0.3 is 4.90 Å². The Morgan fingerprint density at radius 2 is 1.90 bits per heavy atom. The highest BCUT2D eigenvalue weighted by molar-refractivity contribution is 5.84. The molecule has 0 saturated carbocycles. The van der Waals surface area contributed by atoms with Gasteiger partial charge in [-0.2, -0.15) is 0 Å². The summed E-state index contributed by atoms with van der Waals surface area (Å²) in [5.74, 6) is -1.23. The second kappa shape index (κ2) is 6.52. The Kier molecular flexibility index (Phi) is 4.93. The van der Waals surface area contributed by atoms with Crippen molar-refractivity contribution in [2.45, 2.75) is 58.3 Å². The number of benzene rings is 1. The first-order valence-electron chi connectivity index (χ1n) is 7.56. The van der Waals surface area contributed by atoms with Gasteiger partial charge in [-0.05, 0) is 31.4 Å². The first-order valence-corrected chi connectivity index (χ1v) is 7.56. The van der Waals surface area contributed by atoms with Crippen LogP contribution in [0.25, 0.3) is 0 Å². The lowest BCUT2D eigenvalue weighted by molar-refractivity contribution is -0.132. The number of rotatable bonds is 5. The van der Waals surface area contributed by atoms with E-state index in [-0.39, 0.29) is 18.0 Å². The van der Waals surface area contributed by atoms with Gasteiger partial charge in [0.25, 0.3) is 0 Å². The third-order valence-corrected chi connectivity index (χ3v) is 4.19. The zero-order valence-corrected chi connectivity index (χ0v) is 12.7. The van der Waals surface area contributed by atoms with Gasteiger partial charge in [-0.3, -0.25) is 10.1 Å². The van der Waals surface area contributed by atoms with Gasteiger partial charge in [0.05, 0.1) is 6.04 Å². The summed E-state index contributed by atoms with van der Waals surface area (Å²) in [7, 11) is 0. The van der Waals surface area contributed by atoms with Crippen LogP contribution in [0, 0.1) is 11.6 Å². The average Bonchev–Trinajstić information content (AvgIpc) is 2.78. The van der Waals surface area contributed by atoms with Crippen LogP contribution in [0.1, 0.15) is 51.8 Å². The van der Waals surface area contributed by atoms with Crippen LogP contribution in [0.3, 0.4) is 0 Å². The number of carbonyl (C=O) groups excluding carboxylic acids is 1. The van der Waals surface area contributed by atoms with Crippen molar-refractivity contribution in [1.29, 1.82) is 0 Å². The molecule has 0 spiro atoms. The molecular weight excluding hydrogens is 274 g/mol. The summed E-state index contributed by atoms with van der Waals surface area (Å²) < 4.78 is 27.2. The minimum absolute atomic E-state index is 0.0000694. The van der Waals surface area contributed by atoms with E-state index in [0.717, 1.165) is 18.9 Å². The number of nitrogens with one attached hydrogen (secondary N) is 1. The molecule has 1 aliphatic rings. The van der Waals surface area contributed by atoms with Crippen molar-refractivity contribution >= 4 is 5.91 Å². The van der Waals surface area contributed by atoms with Crippen molar-refractivity contribution in [3.8, 4) is 0 Å². The Morgan fingerprint density at radius 3 is 2.43 bits per heavy atom. The third-order valence-electron chi connectivity index (χ3n) is 4.19. The van der Waals surface area contributed by atoms with Gasteiger partial charge >= 0.3 is 0 Å². The van der Waals surface area contributed by atoms with Crippen molar-refractivity contribution in [2.24, 2.45) is 0 Å². The van der Waals surface area contributed by atoms with Crippen LogP contribution < -0.4 is 5.32 Å². The summed E-state index contributed by atoms with van der Waals surface area (Å²) in [4.78, 5) is 14.3. The van der Waals surface area contributed by atoms with Gasteiger partial charge in [-0.15, -0.1) is 0 Å². The first-order chi connectivity index (χ1) is 10.0. The Morgan fingerprint density at radius 1 is 1.24 bits per heavy atom. The van der Waals surface area contributed by atoms with Crippen molar-refractivity contribution in [3.63, 3.8) is 0 Å². The Hall–Kier alpha value is -1.49. The van der Waals surface area contributed by atoms with E-state index in [1.54, 1.807) is 4.90 Å². The van der Waals surface area contributed by atoms with E-state index in [1.165, 1.54) is 12.1 Å². The molecule has 1 fully saturated rings. The molecule has 21 heavy (non-hydrogen) atoms. The molecule has 2 rings (SSSR count). The topological polar surface area (TPSA) is 32.3 Å². The summed E-state index contributed by atoms with van der Waals surface area (Å²) in [6.07, 6.45) is 1.74. The largest absolute Gasteiger partial charge is 0.318 e. The van der Waals surface area contributed by atoms with Crippen LogP contribution in [0.2, 0.25) is 0 Å². The highest BCUT2D eigenvalue weighted by atomic mass is 19.1. The van der Waals surface area contributed by atoms with Gasteiger partial charge in [0.2, 0.25) is 5.91 Å². The molecule has 2 atom stereocenters. The molecule has 116 valence electrons. The smallest absolute Gasteiger partial charge is 0.241 e. The third kappa shape index (κ3) is 2.93. The summed E-state index contributed by atoms with van der Waals surface area (Å²) in [6.45, 7) is 5.95. The second-order valence-electron chi connectivity index (χ2n) is 5.41. The van der Waals surface area contributed by atoms with Gasteiger partial charge in [-0.1, -0.05) is 20.8 Å². The summed E-state index contributed by atoms with van der Waals surface area (Å²) in [5.41, 5.74) is 0.326. The van der Waals surface area contributed by atoms with Crippen molar-refractivity contribution in [1.82, 2.24) is 10.2 Å². The first kappa shape index (κ1) is 15.9. The van der Waals surface area contributed by atoms with Crippen LogP contribution in [-0.2, 0) is 4.79 Å². The molecular formula is C16H22F2N2O. The number of carbonyl (C=O) groups is 1. The lowest BCUT2D eigenvalue weighted by atomic mass is 10.1. The van der Waals surface area contributed by atoms with E-state index in [9.17, 15) is 13.6 Å². The fourth-order valence-electron chi connectivity index (χ4n) is 2.98. The molecule has 1 amide bonds. The van der Waals surface area contributed by atoms with E-state index in [4.69, 9.17) is 0 Å². The SMILES string of the molecule is CCC1NC(c2ccc(F)cc2F)N(C(CC)CC)C1=O. The fraction of sp³-hybridized carbons (Fsp3) is 0.562. The highest BCUT2D eigenvalue weighted by Crippen LogP contribution is 2.32. The maximum absolute atomic E-state index is 14.1. The highest BCUT2D eigenvalue weighted by Gasteiger charge is 2.42. The predicted octanol–water partition coefficient (Wildman–Crippen LogP) is 3.36. The average molecular weight is 296 g/mol. The monoisotopic (exact) mass is 296 g/mol. The van der Waals surface area contributed by atoms with Crippen LogP contribution >= 0.6 is 0 Å². The maximum Gasteiger partial charge on any atom is 0.241 e. The number of nitrogens with zero attached hydrogens (tertiary/aromatic N) is 1.